The summed E-state index contributed by atoms with van der Waals surface area (Å²) >= 11 is 0. The van der Waals surface area contributed by atoms with Crippen LogP contribution in [0.3, 0.4) is 0 Å². The molecule has 23 heavy (non-hydrogen) atoms. The van der Waals surface area contributed by atoms with Crippen molar-refractivity contribution in [3.05, 3.63) is 59.4 Å². The average molecular weight is 308 g/mol. The van der Waals surface area contributed by atoms with Crippen molar-refractivity contribution in [3.63, 3.8) is 0 Å². The largest absolute Gasteiger partial charge is 0.494 e. The van der Waals surface area contributed by atoms with E-state index in [1.54, 1.807) is 12.1 Å². The number of aromatic carboxylic acids is 1. The van der Waals surface area contributed by atoms with Crippen LogP contribution in [0.5, 0.6) is 5.75 Å². The second kappa shape index (κ2) is 6.36. The Balaban J connectivity index is 1.86. The fraction of sp³-hybridized carbons (Fsp3) is 0.111. The van der Waals surface area contributed by atoms with Gasteiger partial charge in [0.1, 0.15) is 17.1 Å². The van der Waals surface area contributed by atoms with E-state index in [0.717, 1.165) is 11.3 Å². The molecule has 0 aliphatic rings. The lowest BCUT2D eigenvalue weighted by molar-refractivity contribution is 0.0699. The molecule has 0 spiro atoms. The number of H-pyrrole nitrogens is 1. The summed E-state index contributed by atoms with van der Waals surface area (Å²) in [5, 5.41) is 9.19. The van der Waals surface area contributed by atoms with Gasteiger partial charge in [-0.1, -0.05) is 24.3 Å². The summed E-state index contributed by atoms with van der Waals surface area (Å²) < 4.78 is 5.40. The highest BCUT2D eigenvalue weighted by atomic mass is 16.5. The first-order valence-corrected chi connectivity index (χ1v) is 7.30. The summed E-state index contributed by atoms with van der Waals surface area (Å²) in [5.74, 6) is 0.464. The number of imidazole rings is 1. The molecule has 5 heteroatoms. The molecule has 3 aromatic rings. The van der Waals surface area contributed by atoms with Crippen LogP contribution in [0.4, 0.5) is 0 Å². The highest BCUT2D eigenvalue weighted by Crippen LogP contribution is 2.18. The SMILES string of the molecule is CCOc1ccc(C=Cc2nc3c(C(=O)O)cccc3[nH]2)cc1. The molecule has 0 unspecified atom stereocenters. The summed E-state index contributed by atoms with van der Waals surface area (Å²) in [6.45, 7) is 2.58. The third-order valence-electron chi connectivity index (χ3n) is 3.39. The Kier molecular flexibility index (Phi) is 4.10. The topological polar surface area (TPSA) is 75.2 Å². The molecule has 5 nitrogen and oxygen atoms in total. The summed E-state index contributed by atoms with van der Waals surface area (Å²) in [5.41, 5.74) is 2.37. The summed E-state index contributed by atoms with van der Waals surface area (Å²) in [6.07, 6.45) is 3.73. The first-order chi connectivity index (χ1) is 11.2. The van der Waals surface area contributed by atoms with E-state index in [0.29, 0.717) is 23.5 Å². The van der Waals surface area contributed by atoms with E-state index in [1.807, 2.05) is 49.4 Å². The Bertz CT molecular complexity index is 864. The van der Waals surface area contributed by atoms with Gasteiger partial charge in [-0.15, -0.1) is 0 Å². The third-order valence-corrected chi connectivity index (χ3v) is 3.39. The van der Waals surface area contributed by atoms with Gasteiger partial charge >= 0.3 is 5.97 Å². The molecule has 0 radical (unpaired) electrons. The molecular formula is C18H16N2O3. The number of benzene rings is 2. The number of aromatic amines is 1. The van der Waals surface area contributed by atoms with Crippen molar-refractivity contribution in [2.75, 3.05) is 6.61 Å². The maximum absolute atomic E-state index is 11.2. The highest BCUT2D eigenvalue weighted by molar-refractivity contribution is 6.01. The van der Waals surface area contributed by atoms with Crippen molar-refractivity contribution >= 4 is 29.2 Å². The molecule has 0 aliphatic carbocycles. The van der Waals surface area contributed by atoms with Gasteiger partial charge in [-0.3, -0.25) is 0 Å². The second-order valence-corrected chi connectivity index (χ2v) is 4.96. The van der Waals surface area contributed by atoms with Gasteiger partial charge in [-0.25, -0.2) is 9.78 Å². The van der Waals surface area contributed by atoms with Crippen molar-refractivity contribution in [1.82, 2.24) is 9.97 Å². The summed E-state index contributed by atoms with van der Waals surface area (Å²) in [4.78, 5) is 18.7. The van der Waals surface area contributed by atoms with Crippen LogP contribution in [0.15, 0.2) is 42.5 Å². The minimum absolute atomic E-state index is 0.194. The Labute approximate surface area is 133 Å². The number of carboxylic acids is 1. The number of hydrogen-bond acceptors (Lipinski definition) is 3. The average Bonchev–Trinajstić information content (AvgIpc) is 2.97. The number of nitrogens with one attached hydrogen (secondary N) is 1. The van der Waals surface area contributed by atoms with Crippen LogP contribution in [-0.2, 0) is 0 Å². The second-order valence-electron chi connectivity index (χ2n) is 4.96. The lowest BCUT2D eigenvalue weighted by atomic mass is 10.2. The molecule has 116 valence electrons. The Morgan fingerprint density at radius 2 is 2.00 bits per heavy atom. The van der Waals surface area contributed by atoms with Crippen LogP contribution in [0.25, 0.3) is 23.2 Å². The predicted octanol–water partition coefficient (Wildman–Crippen LogP) is 3.83. The van der Waals surface area contributed by atoms with Crippen LogP contribution < -0.4 is 4.74 Å². The molecule has 3 rings (SSSR count). The highest BCUT2D eigenvalue weighted by Gasteiger charge is 2.11. The number of para-hydroxylation sites is 1. The number of carboxylic acid groups (broad SMARTS) is 1. The van der Waals surface area contributed by atoms with Gasteiger partial charge in [0.2, 0.25) is 0 Å². The first kappa shape index (κ1) is 14.8. The van der Waals surface area contributed by atoms with Crippen molar-refractivity contribution in [1.29, 1.82) is 0 Å². The van der Waals surface area contributed by atoms with E-state index < -0.39 is 5.97 Å². The Morgan fingerprint density at radius 3 is 2.70 bits per heavy atom. The molecule has 0 saturated carbocycles. The minimum Gasteiger partial charge on any atom is -0.494 e. The molecule has 0 aliphatic heterocycles. The molecule has 0 bridgehead atoms. The summed E-state index contributed by atoms with van der Waals surface area (Å²) in [7, 11) is 0. The molecule has 0 atom stereocenters. The molecule has 0 amide bonds. The van der Waals surface area contributed by atoms with Gasteiger partial charge in [0.15, 0.2) is 0 Å². The van der Waals surface area contributed by atoms with Crippen molar-refractivity contribution in [2.24, 2.45) is 0 Å². The number of ether oxygens (including phenoxy) is 1. The fourth-order valence-corrected chi connectivity index (χ4v) is 2.32. The number of aromatic nitrogens is 2. The number of hydrogen-bond donors (Lipinski definition) is 2. The zero-order valence-corrected chi connectivity index (χ0v) is 12.6. The number of fused-ring (bicyclic) bond motifs is 1. The third kappa shape index (κ3) is 3.23. The van der Waals surface area contributed by atoms with Gasteiger partial charge in [0.25, 0.3) is 0 Å². The van der Waals surface area contributed by atoms with E-state index in [4.69, 9.17) is 4.74 Å². The van der Waals surface area contributed by atoms with E-state index >= 15 is 0 Å². The van der Waals surface area contributed by atoms with Gasteiger partial charge in [-0.05, 0) is 42.8 Å². The zero-order chi connectivity index (χ0) is 16.2. The molecule has 2 aromatic carbocycles. The molecular weight excluding hydrogens is 292 g/mol. The molecule has 0 saturated heterocycles. The lowest BCUT2D eigenvalue weighted by Crippen LogP contribution is -1.96. The monoisotopic (exact) mass is 308 g/mol. The van der Waals surface area contributed by atoms with Crippen molar-refractivity contribution in [3.8, 4) is 5.75 Å². The maximum atomic E-state index is 11.2. The van der Waals surface area contributed by atoms with E-state index in [1.165, 1.54) is 0 Å². The summed E-state index contributed by atoms with van der Waals surface area (Å²) in [6, 6.07) is 12.8. The minimum atomic E-state index is -0.982. The standard InChI is InChI=1S/C18H16N2O3/c1-2-23-13-9-6-12(7-10-13)8-11-16-19-15-5-3-4-14(18(21)22)17(15)20-16/h3-11H,2H2,1H3,(H,19,20)(H,21,22). The molecule has 1 heterocycles. The molecule has 1 aromatic heterocycles. The Morgan fingerprint density at radius 1 is 1.22 bits per heavy atom. The van der Waals surface area contributed by atoms with Crippen LogP contribution in [0.1, 0.15) is 28.7 Å². The van der Waals surface area contributed by atoms with E-state index in [-0.39, 0.29) is 5.56 Å². The first-order valence-electron chi connectivity index (χ1n) is 7.30. The normalized spacial score (nSPS) is 11.2. The lowest BCUT2D eigenvalue weighted by Gasteiger charge is -2.01. The molecule has 0 fully saturated rings. The van der Waals surface area contributed by atoms with E-state index in [2.05, 4.69) is 9.97 Å². The number of nitrogens with zero attached hydrogens (tertiary/aromatic N) is 1. The Hall–Kier alpha value is -3.08. The van der Waals surface area contributed by atoms with Crippen molar-refractivity contribution < 1.29 is 14.6 Å². The smallest absolute Gasteiger partial charge is 0.337 e. The van der Waals surface area contributed by atoms with Crippen LogP contribution in [0.2, 0.25) is 0 Å². The van der Waals surface area contributed by atoms with E-state index in [9.17, 15) is 9.90 Å². The molecule has 2 N–H and O–H groups in total. The number of carbonyl (C=O) groups is 1. The van der Waals surface area contributed by atoms with Gasteiger partial charge < -0.3 is 14.8 Å². The predicted molar refractivity (Wildman–Crippen MR) is 89.6 cm³/mol. The fourth-order valence-electron chi connectivity index (χ4n) is 2.32. The van der Waals surface area contributed by atoms with Crippen LogP contribution >= 0.6 is 0 Å². The van der Waals surface area contributed by atoms with Crippen LogP contribution in [-0.4, -0.2) is 27.7 Å². The van der Waals surface area contributed by atoms with Gasteiger partial charge in [-0.2, -0.15) is 0 Å². The maximum Gasteiger partial charge on any atom is 0.337 e. The van der Waals surface area contributed by atoms with Gasteiger partial charge in [0, 0.05) is 0 Å². The van der Waals surface area contributed by atoms with Crippen molar-refractivity contribution in [2.45, 2.75) is 6.92 Å². The number of rotatable bonds is 5. The van der Waals surface area contributed by atoms with Gasteiger partial charge in [0.05, 0.1) is 17.7 Å². The zero-order valence-electron chi connectivity index (χ0n) is 12.6. The van der Waals surface area contributed by atoms with Crippen LogP contribution in [0, 0.1) is 0 Å². The quantitative estimate of drug-likeness (QED) is 0.751.